The van der Waals surface area contributed by atoms with Crippen LogP contribution in [0.5, 0.6) is 0 Å². The lowest BCUT2D eigenvalue weighted by atomic mass is 10.2. The van der Waals surface area contributed by atoms with Gasteiger partial charge in [0, 0.05) is 18.1 Å². The van der Waals surface area contributed by atoms with E-state index in [0.717, 1.165) is 11.3 Å². The Labute approximate surface area is 121 Å². The van der Waals surface area contributed by atoms with Gasteiger partial charge in [0.2, 0.25) is 5.91 Å². The van der Waals surface area contributed by atoms with Gasteiger partial charge in [-0.1, -0.05) is 30.3 Å². The summed E-state index contributed by atoms with van der Waals surface area (Å²) >= 11 is 1.56. The molecule has 1 unspecified atom stereocenters. The second-order valence-corrected chi connectivity index (χ2v) is 5.64. The highest BCUT2D eigenvalue weighted by Gasteiger charge is 2.32. The average molecular weight is 295 g/mol. The molecule has 1 aromatic carbocycles. The zero-order valence-corrected chi connectivity index (χ0v) is 11.8. The van der Waals surface area contributed by atoms with E-state index in [1.54, 1.807) is 11.8 Å². The Balaban J connectivity index is 1.83. The molecule has 0 bridgehead atoms. The maximum atomic E-state index is 12.0. The highest BCUT2D eigenvalue weighted by molar-refractivity contribution is 7.99. The number of rotatable bonds is 5. The molecule has 1 aliphatic heterocycles. The number of hydrogen-bond acceptors (Lipinski definition) is 4. The number of carboxylic acids is 1. The van der Waals surface area contributed by atoms with E-state index in [2.05, 4.69) is 0 Å². The molecule has 0 spiro atoms. The maximum absolute atomic E-state index is 12.0. The van der Waals surface area contributed by atoms with Crippen molar-refractivity contribution < 1.29 is 19.4 Å². The van der Waals surface area contributed by atoms with E-state index in [-0.39, 0.29) is 12.5 Å². The lowest BCUT2D eigenvalue weighted by Crippen LogP contribution is -2.51. The number of amides is 1. The standard InChI is InChI=1S/C14H17NO4S/c16-13(9-19-8-11-4-2-1-3-5-11)15-6-7-20-10-12(15)14(17)18/h1-5,12H,6-10H2,(H,17,18). The van der Waals surface area contributed by atoms with Crippen LogP contribution in [0, 0.1) is 0 Å². The van der Waals surface area contributed by atoms with Crippen molar-refractivity contribution in [3.05, 3.63) is 35.9 Å². The van der Waals surface area contributed by atoms with E-state index in [1.165, 1.54) is 4.90 Å². The minimum atomic E-state index is -0.950. The van der Waals surface area contributed by atoms with Crippen molar-refractivity contribution in [2.45, 2.75) is 12.6 Å². The number of benzene rings is 1. The molecule has 1 saturated heterocycles. The normalized spacial score (nSPS) is 18.8. The van der Waals surface area contributed by atoms with Gasteiger partial charge in [-0.05, 0) is 5.56 Å². The molecule has 6 heteroatoms. The smallest absolute Gasteiger partial charge is 0.327 e. The van der Waals surface area contributed by atoms with Gasteiger partial charge in [0.25, 0.3) is 0 Å². The molecule has 20 heavy (non-hydrogen) atoms. The van der Waals surface area contributed by atoms with Crippen molar-refractivity contribution in [2.75, 3.05) is 24.7 Å². The van der Waals surface area contributed by atoms with Gasteiger partial charge in [0.15, 0.2) is 0 Å². The highest BCUT2D eigenvalue weighted by Crippen LogP contribution is 2.17. The fraction of sp³-hybridized carbons (Fsp3) is 0.429. The van der Waals surface area contributed by atoms with Crippen molar-refractivity contribution in [3.8, 4) is 0 Å². The molecule has 108 valence electrons. The fourth-order valence-corrected chi connectivity index (χ4v) is 3.06. The van der Waals surface area contributed by atoms with Gasteiger partial charge in [0.1, 0.15) is 12.6 Å². The molecular weight excluding hydrogens is 278 g/mol. The Morgan fingerprint density at radius 1 is 1.35 bits per heavy atom. The first-order valence-corrected chi connectivity index (χ1v) is 7.55. The first kappa shape index (κ1) is 14.9. The summed E-state index contributed by atoms with van der Waals surface area (Å²) in [5.74, 6) is 0.00998. The van der Waals surface area contributed by atoms with Crippen LogP contribution in [-0.2, 0) is 20.9 Å². The average Bonchev–Trinajstić information content (AvgIpc) is 2.48. The molecular formula is C14H17NO4S. The first-order chi connectivity index (χ1) is 9.68. The summed E-state index contributed by atoms with van der Waals surface area (Å²) in [6.45, 7) is 0.741. The Morgan fingerprint density at radius 2 is 2.10 bits per heavy atom. The highest BCUT2D eigenvalue weighted by atomic mass is 32.2. The van der Waals surface area contributed by atoms with Crippen molar-refractivity contribution in [2.24, 2.45) is 0 Å². The summed E-state index contributed by atoms with van der Waals surface area (Å²) in [6, 6.07) is 8.83. The fourth-order valence-electron chi connectivity index (χ4n) is 2.02. The Bertz CT molecular complexity index is 466. The third kappa shape index (κ3) is 3.98. The number of carbonyl (C=O) groups is 2. The molecule has 0 aromatic heterocycles. The van der Waals surface area contributed by atoms with E-state index in [9.17, 15) is 9.59 Å². The predicted octanol–water partition coefficient (Wildman–Crippen LogP) is 1.23. The van der Waals surface area contributed by atoms with Crippen LogP contribution in [0.15, 0.2) is 30.3 Å². The summed E-state index contributed by atoms with van der Waals surface area (Å²) in [7, 11) is 0. The minimum absolute atomic E-state index is 0.0800. The van der Waals surface area contributed by atoms with E-state index >= 15 is 0 Å². The summed E-state index contributed by atoms with van der Waals surface area (Å²) in [4.78, 5) is 24.6. The van der Waals surface area contributed by atoms with Gasteiger partial charge in [-0.25, -0.2) is 4.79 Å². The molecule has 1 heterocycles. The minimum Gasteiger partial charge on any atom is -0.480 e. The zero-order chi connectivity index (χ0) is 14.4. The third-order valence-corrected chi connectivity index (χ3v) is 4.09. The molecule has 1 fully saturated rings. The molecule has 2 rings (SSSR count). The van der Waals surface area contributed by atoms with Gasteiger partial charge < -0.3 is 14.7 Å². The summed E-state index contributed by atoms with van der Waals surface area (Å²) < 4.78 is 5.37. The summed E-state index contributed by atoms with van der Waals surface area (Å²) in [5, 5.41) is 9.11. The molecule has 0 radical (unpaired) electrons. The van der Waals surface area contributed by atoms with Gasteiger partial charge in [-0.2, -0.15) is 11.8 Å². The molecule has 0 saturated carbocycles. The SMILES string of the molecule is O=C(O)C1CSCCN1C(=O)COCc1ccccc1. The van der Waals surface area contributed by atoms with Crippen molar-refractivity contribution in [1.82, 2.24) is 4.90 Å². The van der Waals surface area contributed by atoms with Crippen LogP contribution < -0.4 is 0 Å². The number of thioether (sulfide) groups is 1. The lowest BCUT2D eigenvalue weighted by Gasteiger charge is -2.32. The van der Waals surface area contributed by atoms with Gasteiger partial charge in [0.05, 0.1) is 6.61 Å². The van der Waals surface area contributed by atoms with Crippen molar-refractivity contribution in [3.63, 3.8) is 0 Å². The molecule has 5 nitrogen and oxygen atoms in total. The third-order valence-electron chi connectivity index (χ3n) is 3.07. The van der Waals surface area contributed by atoms with Crippen LogP contribution in [-0.4, -0.2) is 52.6 Å². The van der Waals surface area contributed by atoms with Gasteiger partial charge in [-0.3, -0.25) is 4.79 Å². The summed E-state index contributed by atoms with van der Waals surface area (Å²) in [5.41, 5.74) is 0.990. The van der Waals surface area contributed by atoms with Gasteiger partial charge in [-0.15, -0.1) is 0 Å². The van der Waals surface area contributed by atoms with E-state index in [1.807, 2.05) is 30.3 Å². The number of carbonyl (C=O) groups excluding carboxylic acids is 1. The number of carboxylic acid groups (broad SMARTS) is 1. The molecule has 1 N–H and O–H groups in total. The second-order valence-electron chi connectivity index (χ2n) is 4.49. The molecule has 1 amide bonds. The largest absolute Gasteiger partial charge is 0.480 e. The molecule has 0 aliphatic carbocycles. The molecule has 1 aromatic rings. The number of aliphatic carboxylic acids is 1. The van der Waals surface area contributed by atoms with Crippen LogP contribution in [0.4, 0.5) is 0 Å². The van der Waals surface area contributed by atoms with Crippen LogP contribution in [0.2, 0.25) is 0 Å². The quantitative estimate of drug-likeness (QED) is 0.885. The van der Waals surface area contributed by atoms with E-state index < -0.39 is 12.0 Å². The predicted molar refractivity (Wildman–Crippen MR) is 76.6 cm³/mol. The Morgan fingerprint density at radius 3 is 2.80 bits per heavy atom. The van der Waals surface area contributed by atoms with Crippen LogP contribution >= 0.6 is 11.8 Å². The van der Waals surface area contributed by atoms with Crippen LogP contribution in [0.3, 0.4) is 0 Å². The monoisotopic (exact) mass is 295 g/mol. The van der Waals surface area contributed by atoms with Crippen LogP contribution in [0.25, 0.3) is 0 Å². The molecule has 1 atom stereocenters. The van der Waals surface area contributed by atoms with Gasteiger partial charge >= 0.3 is 5.97 Å². The topological polar surface area (TPSA) is 66.8 Å². The first-order valence-electron chi connectivity index (χ1n) is 6.40. The number of hydrogen-bond donors (Lipinski definition) is 1. The zero-order valence-electron chi connectivity index (χ0n) is 11.0. The Hall–Kier alpha value is -1.53. The maximum Gasteiger partial charge on any atom is 0.327 e. The number of ether oxygens (including phenoxy) is 1. The number of nitrogens with zero attached hydrogens (tertiary/aromatic N) is 1. The lowest BCUT2D eigenvalue weighted by molar-refractivity contribution is -0.151. The summed E-state index contributed by atoms with van der Waals surface area (Å²) in [6.07, 6.45) is 0. The Kier molecular flexibility index (Phi) is 5.43. The van der Waals surface area contributed by atoms with Crippen molar-refractivity contribution in [1.29, 1.82) is 0 Å². The second kappa shape index (κ2) is 7.31. The van der Waals surface area contributed by atoms with Crippen molar-refractivity contribution >= 4 is 23.6 Å². The molecule has 1 aliphatic rings. The van der Waals surface area contributed by atoms with Crippen LogP contribution in [0.1, 0.15) is 5.56 Å². The van der Waals surface area contributed by atoms with E-state index in [4.69, 9.17) is 9.84 Å². The van der Waals surface area contributed by atoms with E-state index in [0.29, 0.717) is 18.9 Å².